The van der Waals surface area contributed by atoms with Crippen LogP contribution >= 0.6 is 0 Å². The highest BCUT2D eigenvalue weighted by molar-refractivity contribution is 5.69. The predicted octanol–water partition coefficient (Wildman–Crippen LogP) is 1.08. The highest BCUT2D eigenvalue weighted by Crippen LogP contribution is 2.34. The zero-order chi connectivity index (χ0) is 15.3. The van der Waals surface area contributed by atoms with Crippen LogP contribution < -0.4 is 9.64 Å². The van der Waals surface area contributed by atoms with E-state index in [1.807, 2.05) is 0 Å². The molecule has 9 nitrogen and oxygen atoms in total. The van der Waals surface area contributed by atoms with Gasteiger partial charge in [0.1, 0.15) is 6.33 Å². The lowest BCUT2D eigenvalue weighted by Gasteiger charge is -2.26. The second-order valence-corrected chi connectivity index (χ2v) is 4.24. The highest BCUT2D eigenvalue weighted by Gasteiger charge is 2.29. The van der Waals surface area contributed by atoms with Crippen LogP contribution in [0.5, 0.6) is 5.88 Å². The van der Waals surface area contributed by atoms with E-state index in [9.17, 15) is 14.9 Å². The van der Waals surface area contributed by atoms with E-state index in [4.69, 9.17) is 9.84 Å². The number of carboxylic acid groups (broad SMARTS) is 1. The number of hydrogen-bond acceptors (Lipinski definition) is 7. The monoisotopic (exact) mass is 284 g/mol. The van der Waals surface area contributed by atoms with Crippen LogP contribution in [0, 0.1) is 10.1 Å². The van der Waals surface area contributed by atoms with Crippen LogP contribution in [0.15, 0.2) is 6.33 Å². The van der Waals surface area contributed by atoms with E-state index in [-0.39, 0.29) is 36.4 Å². The maximum absolute atomic E-state index is 11.2. The number of methoxy groups -OCH3 is 1. The number of aromatic nitrogens is 2. The van der Waals surface area contributed by atoms with Gasteiger partial charge in [0.15, 0.2) is 0 Å². The molecule has 1 aromatic rings. The summed E-state index contributed by atoms with van der Waals surface area (Å²) in [7, 11) is 1.27. The Morgan fingerprint density at radius 1 is 1.55 bits per heavy atom. The standard InChI is InChI=1S/C11H16N4O5/c1-7(2)14(5-4-8(16)17)10-9(15(18)19)11(20-3)13-6-12-10/h6-7H,4-5H2,1-3H3,(H,16,17). The normalized spacial score (nSPS) is 10.4. The van der Waals surface area contributed by atoms with E-state index in [1.165, 1.54) is 12.0 Å². The van der Waals surface area contributed by atoms with Gasteiger partial charge in [0.2, 0.25) is 5.82 Å². The Hall–Kier alpha value is -2.45. The van der Waals surface area contributed by atoms with Crippen LogP contribution in [-0.2, 0) is 4.79 Å². The minimum atomic E-state index is -0.987. The lowest BCUT2D eigenvalue weighted by Crippen LogP contribution is -2.34. The first kappa shape index (κ1) is 15.6. The first-order chi connectivity index (χ1) is 9.38. The molecule has 1 aromatic heterocycles. The van der Waals surface area contributed by atoms with Gasteiger partial charge in [-0.2, -0.15) is 4.98 Å². The molecule has 110 valence electrons. The Bertz CT molecular complexity index is 506. The van der Waals surface area contributed by atoms with Gasteiger partial charge in [-0.05, 0) is 13.8 Å². The van der Waals surface area contributed by atoms with Crippen molar-refractivity contribution < 1.29 is 19.6 Å². The Morgan fingerprint density at radius 3 is 2.65 bits per heavy atom. The maximum Gasteiger partial charge on any atom is 0.372 e. The van der Waals surface area contributed by atoms with Crippen LogP contribution in [0.2, 0.25) is 0 Å². The summed E-state index contributed by atoms with van der Waals surface area (Å²) in [5.74, 6) is -1.08. The van der Waals surface area contributed by atoms with E-state index >= 15 is 0 Å². The minimum absolute atomic E-state index is 0.0538. The summed E-state index contributed by atoms with van der Waals surface area (Å²) in [6, 6.07) is -0.160. The third-order valence-electron chi connectivity index (χ3n) is 2.61. The molecule has 1 rings (SSSR count). The molecule has 9 heteroatoms. The molecule has 0 saturated carbocycles. The van der Waals surface area contributed by atoms with Crippen LogP contribution in [0.4, 0.5) is 11.5 Å². The van der Waals surface area contributed by atoms with E-state index < -0.39 is 10.9 Å². The number of carbonyl (C=O) groups is 1. The fraction of sp³-hybridized carbons (Fsp3) is 0.545. The summed E-state index contributed by atoms with van der Waals surface area (Å²) in [5.41, 5.74) is -0.367. The fourth-order valence-electron chi connectivity index (χ4n) is 1.70. The molecule has 0 atom stereocenters. The topological polar surface area (TPSA) is 119 Å². The molecule has 20 heavy (non-hydrogen) atoms. The van der Waals surface area contributed by atoms with Gasteiger partial charge in [0.05, 0.1) is 18.5 Å². The van der Waals surface area contributed by atoms with Gasteiger partial charge >= 0.3 is 11.7 Å². The Morgan fingerprint density at radius 2 is 2.20 bits per heavy atom. The van der Waals surface area contributed by atoms with Crippen molar-refractivity contribution in [1.29, 1.82) is 0 Å². The number of anilines is 1. The van der Waals surface area contributed by atoms with Crippen molar-refractivity contribution in [2.75, 3.05) is 18.6 Å². The Labute approximate surface area is 115 Å². The average molecular weight is 284 g/mol. The molecule has 0 spiro atoms. The number of hydrogen-bond donors (Lipinski definition) is 1. The zero-order valence-electron chi connectivity index (χ0n) is 11.4. The molecule has 0 bridgehead atoms. The summed E-state index contributed by atoms with van der Waals surface area (Å²) < 4.78 is 4.87. The van der Waals surface area contributed by atoms with Crippen LogP contribution in [0.3, 0.4) is 0 Å². The van der Waals surface area contributed by atoms with Gasteiger partial charge in [0.25, 0.3) is 5.88 Å². The van der Waals surface area contributed by atoms with Crippen molar-refractivity contribution in [2.45, 2.75) is 26.3 Å². The summed E-state index contributed by atoms with van der Waals surface area (Å²) in [4.78, 5) is 30.4. The molecular formula is C11H16N4O5. The molecule has 0 aromatic carbocycles. The largest absolute Gasteiger partial charge is 0.481 e. The number of ether oxygens (including phenoxy) is 1. The van der Waals surface area contributed by atoms with Gasteiger partial charge in [-0.25, -0.2) is 4.98 Å². The lowest BCUT2D eigenvalue weighted by molar-refractivity contribution is -0.385. The SMILES string of the molecule is COc1ncnc(N(CCC(=O)O)C(C)C)c1[N+](=O)[O-]. The van der Waals surface area contributed by atoms with Crippen LogP contribution in [0.25, 0.3) is 0 Å². The third kappa shape index (κ3) is 3.53. The molecule has 0 unspecified atom stereocenters. The highest BCUT2D eigenvalue weighted by atomic mass is 16.6. The predicted molar refractivity (Wildman–Crippen MR) is 70.0 cm³/mol. The molecule has 0 radical (unpaired) electrons. The smallest absolute Gasteiger partial charge is 0.372 e. The van der Waals surface area contributed by atoms with Crippen molar-refractivity contribution in [2.24, 2.45) is 0 Å². The third-order valence-corrected chi connectivity index (χ3v) is 2.61. The summed E-state index contributed by atoms with van der Waals surface area (Å²) in [6.45, 7) is 3.69. The number of carboxylic acids is 1. The van der Waals surface area contributed by atoms with E-state index in [0.717, 1.165) is 6.33 Å². The first-order valence-corrected chi connectivity index (χ1v) is 5.90. The van der Waals surface area contributed by atoms with Gasteiger partial charge in [-0.1, -0.05) is 0 Å². The molecule has 0 fully saturated rings. The molecular weight excluding hydrogens is 268 g/mol. The molecule has 0 aliphatic rings. The summed E-state index contributed by atoms with van der Waals surface area (Å²) in [5, 5.41) is 19.9. The minimum Gasteiger partial charge on any atom is -0.481 e. The molecule has 0 amide bonds. The van der Waals surface area contributed by atoms with Gasteiger partial charge in [-0.15, -0.1) is 0 Å². The quantitative estimate of drug-likeness (QED) is 0.583. The summed E-state index contributed by atoms with van der Waals surface area (Å²) >= 11 is 0. The van der Waals surface area contributed by atoms with Crippen molar-refractivity contribution in [3.05, 3.63) is 16.4 Å². The average Bonchev–Trinajstić information content (AvgIpc) is 2.37. The van der Waals surface area contributed by atoms with Crippen molar-refractivity contribution in [3.8, 4) is 5.88 Å². The van der Waals surface area contributed by atoms with Crippen molar-refractivity contribution in [1.82, 2.24) is 9.97 Å². The van der Waals surface area contributed by atoms with Gasteiger partial charge < -0.3 is 14.7 Å². The number of nitro groups is 1. The maximum atomic E-state index is 11.2. The molecule has 1 heterocycles. The molecule has 0 aliphatic heterocycles. The van der Waals surface area contributed by atoms with Gasteiger partial charge in [0, 0.05) is 12.6 Å². The number of nitrogens with zero attached hydrogens (tertiary/aromatic N) is 4. The van der Waals surface area contributed by atoms with E-state index in [2.05, 4.69) is 9.97 Å². The second-order valence-electron chi connectivity index (χ2n) is 4.24. The second kappa shape index (κ2) is 6.64. The van der Waals surface area contributed by atoms with Crippen LogP contribution in [-0.4, -0.2) is 45.7 Å². The molecule has 0 saturated heterocycles. The Kier molecular flexibility index (Phi) is 5.18. The molecule has 1 N–H and O–H groups in total. The van der Waals surface area contributed by atoms with E-state index in [0.29, 0.717) is 0 Å². The fourth-order valence-corrected chi connectivity index (χ4v) is 1.70. The number of rotatable bonds is 7. The zero-order valence-corrected chi connectivity index (χ0v) is 11.4. The van der Waals surface area contributed by atoms with Crippen molar-refractivity contribution in [3.63, 3.8) is 0 Å². The van der Waals surface area contributed by atoms with Gasteiger partial charge in [-0.3, -0.25) is 14.9 Å². The summed E-state index contributed by atoms with van der Waals surface area (Å²) in [6.07, 6.45) is 0.999. The Balaban J connectivity index is 3.25. The van der Waals surface area contributed by atoms with Crippen molar-refractivity contribution >= 4 is 17.5 Å². The first-order valence-electron chi connectivity index (χ1n) is 5.90. The van der Waals surface area contributed by atoms with Crippen LogP contribution in [0.1, 0.15) is 20.3 Å². The van der Waals surface area contributed by atoms with E-state index in [1.54, 1.807) is 13.8 Å². The number of aliphatic carboxylic acids is 1. The molecule has 0 aliphatic carbocycles. The lowest BCUT2D eigenvalue weighted by atomic mass is 10.2.